The van der Waals surface area contributed by atoms with Crippen molar-refractivity contribution in [3.63, 3.8) is 0 Å². The maximum absolute atomic E-state index is 12.5. The van der Waals surface area contributed by atoms with Crippen LogP contribution in [0.25, 0.3) is 11.5 Å². The first-order chi connectivity index (χ1) is 21.3. The Morgan fingerprint density at radius 1 is 0.795 bits per heavy atom. The van der Waals surface area contributed by atoms with Gasteiger partial charge in [-0.2, -0.15) is 0 Å². The standard InChI is InChI=1S/C29H44N6O9/c1-4-8-38-11-7-32-26(36)5-9-39-12-14-41-16-17-42-15-13-40-10-6-27(37)33-25-19-23(28(31)43-21(2)30)18-24(20-25)29-35-34-22(3)44-29/h18-20,30-31H,4-17H2,1-3H3,(H,32,36)(H,33,37). The lowest BCUT2D eigenvalue weighted by Crippen LogP contribution is -2.28. The van der Waals surface area contributed by atoms with Gasteiger partial charge in [0, 0.05) is 50.2 Å². The number of ether oxygens (including phenoxy) is 6. The Balaban J connectivity index is 1.53. The number of carbonyl (C=O) groups is 2. The molecule has 2 aromatic rings. The predicted molar refractivity (Wildman–Crippen MR) is 161 cm³/mol. The number of nitrogens with one attached hydrogen (secondary N) is 4. The summed E-state index contributed by atoms with van der Waals surface area (Å²) in [6.07, 6.45) is 1.35. The first-order valence-electron chi connectivity index (χ1n) is 14.5. The Bertz CT molecular complexity index is 1170. The van der Waals surface area contributed by atoms with Crippen LogP contribution in [-0.4, -0.2) is 106 Å². The van der Waals surface area contributed by atoms with Crippen molar-refractivity contribution in [2.24, 2.45) is 0 Å². The van der Waals surface area contributed by atoms with Crippen molar-refractivity contribution in [1.82, 2.24) is 15.5 Å². The van der Waals surface area contributed by atoms with Crippen molar-refractivity contribution in [3.05, 3.63) is 29.7 Å². The molecule has 1 aromatic heterocycles. The molecular weight excluding hydrogens is 576 g/mol. The summed E-state index contributed by atoms with van der Waals surface area (Å²) in [5.41, 5.74) is 1.22. The third-order valence-corrected chi connectivity index (χ3v) is 5.49. The van der Waals surface area contributed by atoms with Crippen LogP contribution in [0.15, 0.2) is 22.6 Å². The summed E-state index contributed by atoms with van der Waals surface area (Å²) in [6, 6.07) is 4.81. The SMILES string of the molecule is CCCOCCNC(=O)CCOCCOCCOCCOCCC(=O)Nc1cc(C(=N)OC(C)=N)cc(-c2nnc(C)o2)c1. The van der Waals surface area contributed by atoms with Crippen LogP contribution in [0.5, 0.6) is 0 Å². The van der Waals surface area contributed by atoms with E-state index in [-0.39, 0.29) is 42.5 Å². The van der Waals surface area contributed by atoms with Gasteiger partial charge in [0.2, 0.25) is 29.5 Å². The van der Waals surface area contributed by atoms with E-state index >= 15 is 0 Å². The minimum atomic E-state index is -0.292. The second-order valence-corrected chi connectivity index (χ2v) is 9.37. The molecule has 0 unspecified atom stereocenters. The lowest BCUT2D eigenvalue weighted by atomic mass is 10.1. The number of hydrogen-bond donors (Lipinski definition) is 4. The maximum atomic E-state index is 12.5. The number of aromatic nitrogens is 2. The molecule has 15 nitrogen and oxygen atoms in total. The second-order valence-electron chi connectivity index (χ2n) is 9.37. The highest BCUT2D eigenvalue weighted by molar-refractivity contribution is 6.01. The molecule has 0 radical (unpaired) electrons. The molecule has 44 heavy (non-hydrogen) atoms. The zero-order chi connectivity index (χ0) is 32.0. The topological polar surface area (TPSA) is 200 Å². The van der Waals surface area contributed by atoms with E-state index in [1.54, 1.807) is 25.1 Å². The molecule has 0 aliphatic rings. The van der Waals surface area contributed by atoms with E-state index in [9.17, 15) is 9.59 Å². The summed E-state index contributed by atoms with van der Waals surface area (Å²) in [4.78, 5) is 24.1. The lowest BCUT2D eigenvalue weighted by Gasteiger charge is -2.11. The summed E-state index contributed by atoms with van der Waals surface area (Å²) in [7, 11) is 0. The summed E-state index contributed by atoms with van der Waals surface area (Å²) in [5.74, 6) is -0.162. The van der Waals surface area contributed by atoms with Crippen molar-refractivity contribution < 1.29 is 42.4 Å². The zero-order valence-corrected chi connectivity index (χ0v) is 25.7. The monoisotopic (exact) mass is 620 g/mol. The molecule has 0 aliphatic carbocycles. The summed E-state index contributed by atoms with van der Waals surface area (Å²) in [6.45, 7) is 9.58. The van der Waals surface area contributed by atoms with Gasteiger partial charge in [-0.15, -0.1) is 10.2 Å². The number of rotatable bonds is 23. The van der Waals surface area contributed by atoms with E-state index in [0.29, 0.717) is 95.1 Å². The van der Waals surface area contributed by atoms with Gasteiger partial charge in [0.05, 0.1) is 65.9 Å². The van der Waals surface area contributed by atoms with Gasteiger partial charge in [-0.25, -0.2) is 0 Å². The molecule has 0 atom stereocenters. The number of hydrogen-bond acceptors (Lipinski definition) is 13. The molecule has 4 N–H and O–H groups in total. The van der Waals surface area contributed by atoms with Crippen LogP contribution in [0.1, 0.15) is 44.6 Å². The Hall–Kier alpha value is -3.76. The zero-order valence-electron chi connectivity index (χ0n) is 25.7. The molecular formula is C29H44N6O9. The molecule has 1 aromatic carbocycles. The molecule has 2 rings (SSSR count). The van der Waals surface area contributed by atoms with Gasteiger partial charge in [-0.3, -0.25) is 20.4 Å². The van der Waals surface area contributed by atoms with Crippen molar-refractivity contribution in [2.75, 3.05) is 77.9 Å². The Morgan fingerprint density at radius 2 is 1.39 bits per heavy atom. The van der Waals surface area contributed by atoms with E-state index in [2.05, 4.69) is 20.8 Å². The number of aryl methyl sites for hydroxylation is 1. The molecule has 15 heteroatoms. The second kappa shape index (κ2) is 21.9. The molecule has 0 aliphatic heterocycles. The average Bonchev–Trinajstić information content (AvgIpc) is 3.43. The molecule has 0 bridgehead atoms. The van der Waals surface area contributed by atoms with Crippen LogP contribution < -0.4 is 10.6 Å². The highest BCUT2D eigenvalue weighted by Crippen LogP contribution is 2.25. The molecule has 1 heterocycles. The van der Waals surface area contributed by atoms with Gasteiger partial charge in [0.15, 0.2) is 5.90 Å². The first-order valence-corrected chi connectivity index (χ1v) is 14.5. The average molecular weight is 621 g/mol. The molecule has 2 amide bonds. The lowest BCUT2D eigenvalue weighted by molar-refractivity contribution is -0.122. The third-order valence-electron chi connectivity index (χ3n) is 5.49. The third kappa shape index (κ3) is 16.2. The fraction of sp³-hybridized carbons (Fsp3) is 0.586. The van der Waals surface area contributed by atoms with Crippen LogP contribution in [0.2, 0.25) is 0 Å². The van der Waals surface area contributed by atoms with Gasteiger partial charge in [-0.1, -0.05) is 6.92 Å². The maximum Gasteiger partial charge on any atom is 0.247 e. The van der Waals surface area contributed by atoms with Crippen LogP contribution in [0.3, 0.4) is 0 Å². The van der Waals surface area contributed by atoms with E-state index in [0.717, 1.165) is 6.42 Å². The van der Waals surface area contributed by atoms with Gasteiger partial charge in [0.25, 0.3) is 0 Å². The summed E-state index contributed by atoms with van der Waals surface area (Å²) >= 11 is 0. The van der Waals surface area contributed by atoms with Crippen molar-refractivity contribution in [3.8, 4) is 11.5 Å². The fourth-order valence-electron chi connectivity index (χ4n) is 3.49. The van der Waals surface area contributed by atoms with Crippen LogP contribution in [0, 0.1) is 17.7 Å². The van der Waals surface area contributed by atoms with E-state index < -0.39 is 0 Å². The molecule has 244 valence electrons. The smallest absolute Gasteiger partial charge is 0.247 e. The highest BCUT2D eigenvalue weighted by Gasteiger charge is 2.14. The van der Waals surface area contributed by atoms with E-state index in [4.69, 9.17) is 43.7 Å². The van der Waals surface area contributed by atoms with Gasteiger partial charge in [0.1, 0.15) is 0 Å². The molecule has 0 fully saturated rings. The number of nitrogens with zero attached hydrogens (tertiary/aromatic N) is 2. The van der Waals surface area contributed by atoms with Crippen LogP contribution in [-0.2, 0) is 38.0 Å². The minimum absolute atomic E-state index is 0.0681. The van der Waals surface area contributed by atoms with E-state index in [1.165, 1.54) is 6.92 Å². The Labute approximate surface area is 257 Å². The van der Waals surface area contributed by atoms with Gasteiger partial charge < -0.3 is 43.5 Å². The van der Waals surface area contributed by atoms with Gasteiger partial charge in [-0.05, 0) is 24.6 Å². The number of amides is 2. The quantitative estimate of drug-likeness (QED) is 0.0809. The largest absolute Gasteiger partial charge is 0.426 e. The highest BCUT2D eigenvalue weighted by atomic mass is 16.6. The summed E-state index contributed by atoms with van der Waals surface area (Å²) < 4.78 is 37.6. The molecule has 0 saturated carbocycles. The minimum Gasteiger partial charge on any atom is -0.426 e. The Kier molecular flexibility index (Phi) is 18.1. The van der Waals surface area contributed by atoms with Crippen LogP contribution >= 0.6 is 0 Å². The van der Waals surface area contributed by atoms with Crippen molar-refractivity contribution >= 4 is 29.3 Å². The number of benzene rings is 1. The first kappa shape index (κ1) is 36.4. The van der Waals surface area contributed by atoms with Crippen LogP contribution in [0.4, 0.5) is 5.69 Å². The predicted octanol–water partition coefficient (Wildman–Crippen LogP) is 2.71. The molecule has 0 spiro atoms. The van der Waals surface area contributed by atoms with E-state index in [1.807, 2.05) is 6.92 Å². The normalized spacial score (nSPS) is 10.9. The number of carbonyl (C=O) groups excluding carboxylic acids is 2. The summed E-state index contributed by atoms with van der Waals surface area (Å²) in [5, 5.41) is 28.9. The molecule has 0 saturated heterocycles. The van der Waals surface area contributed by atoms with Crippen molar-refractivity contribution in [1.29, 1.82) is 10.8 Å². The fourth-order valence-corrected chi connectivity index (χ4v) is 3.49. The van der Waals surface area contributed by atoms with Crippen molar-refractivity contribution in [2.45, 2.75) is 40.0 Å². The Morgan fingerprint density at radius 3 is 1.95 bits per heavy atom. The number of anilines is 1. The van der Waals surface area contributed by atoms with Gasteiger partial charge >= 0.3 is 0 Å².